The molecule has 8 nitrogen and oxygen atoms in total. The summed E-state index contributed by atoms with van der Waals surface area (Å²) in [6.07, 6.45) is 2.06. The van der Waals surface area contributed by atoms with Crippen molar-refractivity contribution in [2.24, 2.45) is 5.92 Å². The van der Waals surface area contributed by atoms with E-state index in [9.17, 15) is 19.2 Å². The Kier molecular flexibility index (Phi) is 9.07. The predicted octanol–water partition coefficient (Wildman–Crippen LogP) is 3.80. The van der Waals surface area contributed by atoms with Gasteiger partial charge in [-0.3, -0.25) is 14.5 Å². The quantitative estimate of drug-likeness (QED) is 0.462. The van der Waals surface area contributed by atoms with E-state index >= 15 is 0 Å². The number of esters is 1. The molecule has 1 aromatic carbocycles. The van der Waals surface area contributed by atoms with Gasteiger partial charge in [-0.15, -0.1) is 0 Å². The molecule has 0 saturated heterocycles. The predicted molar refractivity (Wildman–Crippen MR) is 119 cm³/mol. The van der Waals surface area contributed by atoms with Crippen molar-refractivity contribution in [2.45, 2.75) is 64.5 Å². The van der Waals surface area contributed by atoms with Crippen LogP contribution in [0.4, 0.5) is 4.79 Å². The molecule has 0 spiro atoms. The molecule has 2 unspecified atom stereocenters. The van der Waals surface area contributed by atoms with Crippen molar-refractivity contribution in [2.75, 3.05) is 13.8 Å². The van der Waals surface area contributed by atoms with Crippen molar-refractivity contribution in [3.63, 3.8) is 0 Å². The second kappa shape index (κ2) is 11.3. The maximum absolute atomic E-state index is 13.1. The number of Topliss-reactive ketones (excluding diaryl/α,β-unsaturated/α-hetero) is 1. The van der Waals surface area contributed by atoms with Gasteiger partial charge in [-0.25, -0.2) is 9.59 Å². The molecule has 3 atom stereocenters. The third-order valence-electron chi connectivity index (χ3n) is 6.03. The molecule has 1 N–H and O–H groups in total. The van der Waals surface area contributed by atoms with E-state index in [1.54, 1.807) is 24.3 Å². The fourth-order valence-electron chi connectivity index (χ4n) is 4.00. The van der Waals surface area contributed by atoms with E-state index in [0.717, 1.165) is 12.8 Å². The number of likely N-dealkylation sites (N-methyl/N-ethyl adjacent to an activating group) is 1. The summed E-state index contributed by atoms with van der Waals surface area (Å²) in [6.45, 7) is 4.37. The molecule has 0 bridgehead atoms. The van der Waals surface area contributed by atoms with Gasteiger partial charge in [0, 0.05) is 31.0 Å². The van der Waals surface area contributed by atoms with Gasteiger partial charge in [0.2, 0.25) is 12.7 Å². The van der Waals surface area contributed by atoms with Crippen molar-refractivity contribution in [1.29, 1.82) is 0 Å². The highest BCUT2D eigenvalue weighted by Gasteiger charge is 2.48. The van der Waals surface area contributed by atoms with Gasteiger partial charge in [0.15, 0.2) is 5.78 Å². The number of amides is 2. The minimum absolute atomic E-state index is 0.115. The molecule has 1 saturated carbocycles. The Morgan fingerprint density at radius 2 is 1.91 bits per heavy atom. The van der Waals surface area contributed by atoms with Gasteiger partial charge in [-0.05, 0) is 31.2 Å². The molecular formula is C23H31ClN2O6. The topological polar surface area (TPSA) is 102 Å². The number of hydrogen-bond acceptors (Lipinski definition) is 6. The lowest BCUT2D eigenvalue weighted by Gasteiger charge is -2.43. The number of rotatable bonds is 8. The Bertz CT molecular complexity index is 861. The summed E-state index contributed by atoms with van der Waals surface area (Å²) in [4.78, 5) is 50.9. The van der Waals surface area contributed by atoms with Gasteiger partial charge < -0.3 is 14.8 Å². The van der Waals surface area contributed by atoms with Gasteiger partial charge in [0.1, 0.15) is 11.6 Å². The van der Waals surface area contributed by atoms with Crippen molar-refractivity contribution in [1.82, 2.24) is 10.2 Å². The monoisotopic (exact) mass is 466 g/mol. The summed E-state index contributed by atoms with van der Waals surface area (Å²) in [5.41, 5.74) is -0.696. The maximum atomic E-state index is 13.1. The minimum atomic E-state index is -1.24. The smallest absolute Gasteiger partial charge is 0.413 e. The van der Waals surface area contributed by atoms with Crippen molar-refractivity contribution < 1.29 is 28.7 Å². The van der Waals surface area contributed by atoms with Crippen molar-refractivity contribution in [3.8, 4) is 0 Å². The van der Waals surface area contributed by atoms with E-state index in [0.29, 0.717) is 29.8 Å². The molecule has 0 heterocycles. The van der Waals surface area contributed by atoms with Crippen LogP contribution >= 0.6 is 11.6 Å². The molecule has 176 valence electrons. The number of ether oxygens (including phenoxy) is 2. The van der Waals surface area contributed by atoms with E-state index in [4.69, 9.17) is 21.1 Å². The molecule has 1 aromatic rings. The van der Waals surface area contributed by atoms with E-state index < -0.39 is 30.4 Å². The van der Waals surface area contributed by atoms with Gasteiger partial charge in [-0.1, -0.05) is 50.1 Å². The van der Waals surface area contributed by atoms with Gasteiger partial charge >= 0.3 is 12.1 Å². The van der Waals surface area contributed by atoms with E-state index in [1.807, 2.05) is 13.8 Å². The Morgan fingerprint density at radius 1 is 1.22 bits per heavy atom. The zero-order valence-electron chi connectivity index (χ0n) is 19.0. The largest absolute Gasteiger partial charge is 0.426 e. The van der Waals surface area contributed by atoms with E-state index in [1.165, 1.54) is 18.9 Å². The van der Waals surface area contributed by atoms with Crippen LogP contribution in [0.3, 0.4) is 0 Å². The Labute approximate surface area is 193 Å². The number of carbonyl (C=O) groups is 4. The fourth-order valence-corrected chi connectivity index (χ4v) is 4.29. The summed E-state index contributed by atoms with van der Waals surface area (Å²) in [5.74, 6) is -1.33. The molecule has 0 radical (unpaired) electrons. The van der Waals surface area contributed by atoms with Crippen LogP contribution in [0.25, 0.3) is 0 Å². The van der Waals surface area contributed by atoms with Crippen molar-refractivity contribution in [3.05, 3.63) is 34.9 Å². The summed E-state index contributed by atoms with van der Waals surface area (Å²) < 4.78 is 10.3. The lowest BCUT2D eigenvalue weighted by atomic mass is 9.74. The number of carbonyl (C=O) groups excluding carboxylic acids is 4. The Hall–Kier alpha value is -2.61. The number of nitrogens with zero attached hydrogens (tertiary/aromatic N) is 1. The second-order valence-electron chi connectivity index (χ2n) is 8.08. The van der Waals surface area contributed by atoms with E-state index in [-0.39, 0.29) is 17.6 Å². The lowest BCUT2D eigenvalue weighted by molar-refractivity contribution is -0.158. The standard InChI is InChI=1S/C23H31ClN2O6/c1-5-15(2)20(25-16(3)27)21(29)31-14-32-22(30)26(4)23(13-9-8-12-19(23)28)17-10-6-7-11-18(17)24/h6-7,10-11,15,20H,5,8-9,12-14H2,1-4H3,(H,25,27)/t15?,20?,23-/m0/s1. The van der Waals surface area contributed by atoms with Crippen LogP contribution in [-0.4, -0.2) is 48.5 Å². The third-order valence-corrected chi connectivity index (χ3v) is 6.36. The van der Waals surface area contributed by atoms with Crippen LogP contribution in [0.1, 0.15) is 58.4 Å². The lowest BCUT2D eigenvalue weighted by Crippen LogP contribution is -2.54. The van der Waals surface area contributed by atoms with Crippen LogP contribution in [0, 0.1) is 5.92 Å². The molecule has 1 aliphatic carbocycles. The van der Waals surface area contributed by atoms with Crippen LogP contribution in [-0.2, 0) is 29.4 Å². The van der Waals surface area contributed by atoms with Crippen LogP contribution in [0.2, 0.25) is 5.02 Å². The van der Waals surface area contributed by atoms with Crippen molar-refractivity contribution >= 4 is 35.4 Å². The molecular weight excluding hydrogens is 436 g/mol. The molecule has 1 aliphatic rings. The molecule has 1 fully saturated rings. The minimum Gasteiger partial charge on any atom is -0.426 e. The number of hydrogen-bond donors (Lipinski definition) is 1. The third kappa shape index (κ3) is 5.59. The molecule has 2 amide bonds. The molecule has 0 aromatic heterocycles. The average Bonchev–Trinajstić information content (AvgIpc) is 2.77. The molecule has 2 rings (SSSR count). The first-order valence-electron chi connectivity index (χ1n) is 10.8. The summed E-state index contributed by atoms with van der Waals surface area (Å²) in [5, 5.41) is 2.95. The molecule has 0 aliphatic heterocycles. The zero-order chi connectivity index (χ0) is 23.9. The highest BCUT2D eigenvalue weighted by molar-refractivity contribution is 6.31. The van der Waals surface area contributed by atoms with Gasteiger partial charge in [-0.2, -0.15) is 0 Å². The van der Waals surface area contributed by atoms with Gasteiger partial charge in [0.25, 0.3) is 0 Å². The Morgan fingerprint density at radius 3 is 2.50 bits per heavy atom. The first-order chi connectivity index (χ1) is 15.1. The molecule has 9 heteroatoms. The number of nitrogens with one attached hydrogen (secondary N) is 1. The number of benzene rings is 1. The zero-order valence-corrected chi connectivity index (χ0v) is 19.7. The fraction of sp³-hybridized carbons (Fsp3) is 0.565. The Balaban J connectivity index is 2.12. The number of ketones is 1. The molecule has 32 heavy (non-hydrogen) atoms. The first kappa shape index (κ1) is 25.6. The number of halogens is 1. The first-order valence-corrected chi connectivity index (χ1v) is 11.2. The summed E-state index contributed by atoms with van der Waals surface area (Å²) >= 11 is 6.39. The maximum Gasteiger partial charge on any atom is 0.413 e. The highest BCUT2D eigenvalue weighted by atomic mass is 35.5. The highest BCUT2D eigenvalue weighted by Crippen LogP contribution is 2.42. The SMILES string of the molecule is CCC(C)C(NC(C)=O)C(=O)OCOC(=O)N(C)[C@]1(c2ccccc2Cl)CCCCC1=O. The average molecular weight is 467 g/mol. The van der Waals surface area contributed by atoms with Crippen LogP contribution < -0.4 is 5.32 Å². The summed E-state index contributed by atoms with van der Waals surface area (Å²) in [7, 11) is 1.48. The normalized spacial score (nSPS) is 20.1. The van der Waals surface area contributed by atoms with Gasteiger partial charge in [0.05, 0.1) is 0 Å². The van der Waals surface area contributed by atoms with E-state index in [2.05, 4.69) is 5.32 Å². The summed E-state index contributed by atoms with van der Waals surface area (Å²) in [6, 6.07) is 6.09. The second-order valence-corrected chi connectivity index (χ2v) is 8.49. The van der Waals surface area contributed by atoms with Crippen LogP contribution in [0.15, 0.2) is 24.3 Å². The van der Waals surface area contributed by atoms with Crippen LogP contribution in [0.5, 0.6) is 0 Å².